The average molecular weight is 386 g/mol. The first-order valence-electron chi connectivity index (χ1n) is 7.95. The molecule has 3 N–H and O–H groups in total. The number of carbonyl (C=O) groups is 1. The molecule has 0 fully saturated rings. The molecule has 24 heavy (non-hydrogen) atoms. The summed E-state index contributed by atoms with van der Waals surface area (Å²) in [5.41, 5.74) is 4.45. The quantitative estimate of drug-likeness (QED) is 0.600. The van der Waals surface area contributed by atoms with Crippen molar-refractivity contribution in [1.82, 2.24) is 10.3 Å². The molecule has 124 valence electrons. The number of hydrogen-bond acceptors (Lipinski definition) is 2. The number of hydrogen-bond donors (Lipinski definition) is 3. The number of aromatic nitrogens is 1. The fraction of sp³-hybridized carbons (Fsp3) is 0.211. The molecule has 3 rings (SSSR count). The zero-order valence-corrected chi connectivity index (χ0v) is 15.1. The predicted molar refractivity (Wildman–Crippen MR) is 102 cm³/mol. The van der Waals surface area contributed by atoms with Gasteiger partial charge >= 0.3 is 0 Å². The van der Waals surface area contributed by atoms with Crippen LogP contribution in [-0.4, -0.2) is 24.0 Å². The van der Waals surface area contributed by atoms with Crippen LogP contribution < -0.4 is 10.6 Å². The van der Waals surface area contributed by atoms with Gasteiger partial charge < -0.3 is 15.6 Å². The van der Waals surface area contributed by atoms with Crippen LogP contribution in [0.1, 0.15) is 11.1 Å². The second-order valence-electron chi connectivity index (χ2n) is 5.78. The molecule has 0 atom stereocenters. The fourth-order valence-electron chi connectivity index (χ4n) is 2.62. The Labute approximate surface area is 149 Å². The molecule has 0 spiro atoms. The zero-order valence-electron chi connectivity index (χ0n) is 13.5. The summed E-state index contributed by atoms with van der Waals surface area (Å²) >= 11 is 3.49. The van der Waals surface area contributed by atoms with Gasteiger partial charge in [-0.05, 0) is 42.7 Å². The van der Waals surface area contributed by atoms with Gasteiger partial charge in [0.15, 0.2) is 0 Å². The minimum absolute atomic E-state index is 0.00783. The molecule has 1 amide bonds. The van der Waals surface area contributed by atoms with Crippen molar-refractivity contribution in [1.29, 1.82) is 0 Å². The van der Waals surface area contributed by atoms with Crippen molar-refractivity contribution < 1.29 is 4.79 Å². The van der Waals surface area contributed by atoms with Crippen LogP contribution in [0.5, 0.6) is 0 Å². The molecule has 3 aromatic rings. The second kappa shape index (κ2) is 7.53. The first-order chi connectivity index (χ1) is 11.6. The normalized spacial score (nSPS) is 10.8. The van der Waals surface area contributed by atoms with Gasteiger partial charge in [-0.25, -0.2) is 0 Å². The van der Waals surface area contributed by atoms with Crippen LogP contribution in [0, 0.1) is 6.92 Å². The van der Waals surface area contributed by atoms with Crippen LogP contribution in [0.4, 0.5) is 5.69 Å². The zero-order chi connectivity index (χ0) is 16.9. The van der Waals surface area contributed by atoms with E-state index in [0.29, 0.717) is 6.54 Å². The average Bonchev–Trinajstić information content (AvgIpc) is 2.99. The molecule has 2 aromatic carbocycles. The molecule has 1 aromatic heterocycles. The van der Waals surface area contributed by atoms with Gasteiger partial charge in [0.05, 0.1) is 6.54 Å². The van der Waals surface area contributed by atoms with Crippen LogP contribution in [0.3, 0.4) is 0 Å². The smallest absolute Gasteiger partial charge is 0.239 e. The lowest BCUT2D eigenvalue weighted by molar-refractivity contribution is -0.119. The summed E-state index contributed by atoms with van der Waals surface area (Å²) < 4.78 is 1.03. The Kier molecular flexibility index (Phi) is 5.20. The Bertz CT molecular complexity index is 857. The van der Waals surface area contributed by atoms with Gasteiger partial charge in [-0.3, -0.25) is 4.79 Å². The number of para-hydroxylation sites is 1. The molecule has 4 nitrogen and oxygen atoms in total. The SMILES string of the molecule is Cc1ccc(NCC(=O)NCCc2c[nH]c3ccccc23)cc1Br. The maximum atomic E-state index is 12.0. The van der Waals surface area contributed by atoms with Crippen molar-refractivity contribution in [2.45, 2.75) is 13.3 Å². The summed E-state index contributed by atoms with van der Waals surface area (Å²) in [6.45, 7) is 2.93. The number of H-pyrrole nitrogens is 1. The van der Waals surface area contributed by atoms with Crippen LogP contribution in [0.25, 0.3) is 10.9 Å². The first kappa shape index (κ1) is 16.6. The Balaban J connectivity index is 1.46. The number of anilines is 1. The summed E-state index contributed by atoms with van der Waals surface area (Å²) in [6.07, 6.45) is 2.82. The van der Waals surface area contributed by atoms with Gasteiger partial charge in [-0.2, -0.15) is 0 Å². The van der Waals surface area contributed by atoms with Crippen LogP contribution in [0.15, 0.2) is 53.1 Å². The number of aryl methyl sites for hydroxylation is 1. The molecule has 5 heteroatoms. The highest BCUT2D eigenvalue weighted by Gasteiger charge is 2.05. The Morgan fingerprint density at radius 1 is 1.21 bits per heavy atom. The topological polar surface area (TPSA) is 56.9 Å². The molecule has 0 saturated carbocycles. The van der Waals surface area contributed by atoms with E-state index in [1.54, 1.807) is 0 Å². The monoisotopic (exact) mass is 385 g/mol. The molecular weight excluding hydrogens is 366 g/mol. The van der Waals surface area contributed by atoms with Crippen molar-refractivity contribution in [2.24, 2.45) is 0 Å². The van der Waals surface area contributed by atoms with E-state index in [-0.39, 0.29) is 12.5 Å². The number of rotatable bonds is 6. The van der Waals surface area contributed by atoms with E-state index in [9.17, 15) is 4.79 Å². The first-order valence-corrected chi connectivity index (χ1v) is 8.74. The lowest BCUT2D eigenvalue weighted by Crippen LogP contribution is -2.31. The number of nitrogens with one attached hydrogen (secondary N) is 3. The molecule has 0 unspecified atom stereocenters. The van der Waals surface area contributed by atoms with Crippen molar-refractivity contribution >= 4 is 38.4 Å². The van der Waals surface area contributed by atoms with E-state index in [2.05, 4.69) is 43.7 Å². The number of carbonyl (C=O) groups excluding carboxylic acids is 1. The molecule has 0 radical (unpaired) electrons. The maximum absolute atomic E-state index is 12.0. The largest absolute Gasteiger partial charge is 0.376 e. The summed E-state index contributed by atoms with van der Waals surface area (Å²) in [5.74, 6) is -0.00783. The van der Waals surface area contributed by atoms with Gasteiger partial charge in [0.1, 0.15) is 0 Å². The van der Waals surface area contributed by atoms with Crippen LogP contribution in [-0.2, 0) is 11.2 Å². The van der Waals surface area contributed by atoms with E-state index in [0.717, 1.165) is 22.1 Å². The van der Waals surface area contributed by atoms with E-state index in [1.807, 2.05) is 43.5 Å². The van der Waals surface area contributed by atoms with E-state index in [1.165, 1.54) is 16.5 Å². The number of benzene rings is 2. The van der Waals surface area contributed by atoms with E-state index < -0.39 is 0 Å². The van der Waals surface area contributed by atoms with E-state index in [4.69, 9.17) is 0 Å². The molecular formula is C19H20BrN3O. The van der Waals surface area contributed by atoms with Crippen LogP contribution in [0.2, 0.25) is 0 Å². The van der Waals surface area contributed by atoms with Gasteiger partial charge in [-0.15, -0.1) is 0 Å². The summed E-state index contributed by atoms with van der Waals surface area (Å²) in [7, 11) is 0. The molecule has 0 aliphatic rings. The fourth-order valence-corrected chi connectivity index (χ4v) is 3.00. The highest BCUT2D eigenvalue weighted by Crippen LogP contribution is 2.20. The highest BCUT2D eigenvalue weighted by molar-refractivity contribution is 9.10. The molecule has 0 aliphatic carbocycles. The summed E-state index contributed by atoms with van der Waals surface area (Å²) in [6, 6.07) is 14.2. The lowest BCUT2D eigenvalue weighted by atomic mass is 10.1. The minimum Gasteiger partial charge on any atom is -0.376 e. The molecule has 0 aliphatic heterocycles. The number of halogens is 1. The summed E-state index contributed by atoms with van der Waals surface area (Å²) in [5, 5.41) is 7.31. The van der Waals surface area contributed by atoms with Gasteiger partial charge in [0.25, 0.3) is 0 Å². The predicted octanol–water partition coefficient (Wildman–Crippen LogP) is 4.01. The van der Waals surface area contributed by atoms with Gasteiger partial charge in [-0.1, -0.05) is 40.2 Å². The van der Waals surface area contributed by atoms with Crippen molar-refractivity contribution in [3.63, 3.8) is 0 Å². The Morgan fingerprint density at radius 3 is 2.88 bits per heavy atom. The molecule has 1 heterocycles. The van der Waals surface area contributed by atoms with E-state index >= 15 is 0 Å². The van der Waals surface area contributed by atoms with Crippen molar-refractivity contribution in [2.75, 3.05) is 18.4 Å². The standard InChI is InChI=1S/C19H20BrN3O/c1-13-6-7-15(10-17(13)20)22-12-19(24)21-9-8-14-11-23-18-5-3-2-4-16(14)18/h2-7,10-11,22-23H,8-9,12H2,1H3,(H,21,24). The Hall–Kier alpha value is -2.27. The van der Waals surface area contributed by atoms with Crippen molar-refractivity contribution in [3.05, 3.63) is 64.3 Å². The third-order valence-electron chi connectivity index (χ3n) is 4.02. The van der Waals surface area contributed by atoms with Gasteiger partial charge in [0.2, 0.25) is 5.91 Å². The molecule has 0 saturated heterocycles. The third kappa shape index (κ3) is 3.97. The van der Waals surface area contributed by atoms with Crippen molar-refractivity contribution in [3.8, 4) is 0 Å². The number of fused-ring (bicyclic) bond motifs is 1. The lowest BCUT2D eigenvalue weighted by Gasteiger charge is -2.09. The highest BCUT2D eigenvalue weighted by atomic mass is 79.9. The minimum atomic E-state index is -0.00783. The third-order valence-corrected chi connectivity index (χ3v) is 4.87. The number of aromatic amines is 1. The van der Waals surface area contributed by atoms with Gasteiger partial charge in [0, 0.05) is 33.8 Å². The van der Waals surface area contributed by atoms with Crippen LogP contribution >= 0.6 is 15.9 Å². The summed E-state index contributed by atoms with van der Waals surface area (Å²) in [4.78, 5) is 15.2. The maximum Gasteiger partial charge on any atom is 0.239 e. The second-order valence-corrected chi connectivity index (χ2v) is 6.63. The Morgan fingerprint density at radius 2 is 2.04 bits per heavy atom. The number of amides is 1. The molecule has 0 bridgehead atoms.